The number of benzene rings is 2. The van der Waals surface area contributed by atoms with Crippen molar-refractivity contribution < 1.29 is 14.4 Å². The number of nitrogens with zero attached hydrogens (tertiary/aromatic N) is 1. The van der Waals surface area contributed by atoms with Crippen LogP contribution in [0.1, 0.15) is 17.3 Å². The van der Waals surface area contributed by atoms with Gasteiger partial charge in [0.1, 0.15) is 0 Å². The normalized spacial score (nSPS) is 9.90. The Bertz CT molecular complexity index is 611. The zero-order valence-corrected chi connectivity index (χ0v) is 11.5. The number of rotatable bonds is 2. The highest BCUT2D eigenvalue weighted by atomic mass is 35.5. The van der Waals surface area contributed by atoms with Crippen LogP contribution in [-0.2, 0) is 9.63 Å². The van der Waals surface area contributed by atoms with Gasteiger partial charge in [-0.2, -0.15) is 0 Å². The molecule has 0 atom stereocenters. The third-order valence-corrected chi connectivity index (χ3v) is 2.78. The van der Waals surface area contributed by atoms with E-state index >= 15 is 0 Å². The first kappa shape index (κ1) is 14.1. The quantitative estimate of drug-likeness (QED) is 0.795. The summed E-state index contributed by atoms with van der Waals surface area (Å²) in [5, 5.41) is 1.48. The smallest absolute Gasteiger partial charge is 0.328 e. The fourth-order valence-corrected chi connectivity index (χ4v) is 1.71. The Morgan fingerprint density at radius 1 is 1.00 bits per heavy atom. The van der Waals surface area contributed by atoms with Gasteiger partial charge >= 0.3 is 5.97 Å². The Labute approximate surface area is 121 Å². The molecule has 0 spiro atoms. The summed E-state index contributed by atoms with van der Waals surface area (Å²) in [6, 6.07) is 14.9. The van der Waals surface area contributed by atoms with Crippen LogP contribution < -0.4 is 5.06 Å². The highest BCUT2D eigenvalue weighted by Gasteiger charge is 2.18. The molecule has 0 aliphatic rings. The SMILES string of the molecule is CC(=O)N(OC(=O)c1ccc(Cl)cc1)c1ccccc1. The van der Waals surface area contributed by atoms with Crippen LogP contribution in [0.25, 0.3) is 0 Å². The van der Waals surface area contributed by atoms with Crippen LogP contribution in [-0.4, -0.2) is 11.9 Å². The van der Waals surface area contributed by atoms with Crippen molar-refractivity contribution in [3.63, 3.8) is 0 Å². The fraction of sp³-hybridized carbons (Fsp3) is 0.0667. The molecule has 1 amide bonds. The lowest BCUT2D eigenvalue weighted by atomic mass is 10.2. The predicted octanol–water partition coefficient (Wildman–Crippen LogP) is 3.46. The molecule has 5 heteroatoms. The summed E-state index contributed by atoms with van der Waals surface area (Å²) in [5.74, 6) is -1.01. The van der Waals surface area contributed by atoms with E-state index in [-0.39, 0.29) is 0 Å². The monoisotopic (exact) mass is 289 g/mol. The maximum atomic E-state index is 12.0. The number of halogens is 1. The Balaban J connectivity index is 2.19. The molecule has 4 nitrogen and oxygen atoms in total. The van der Waals surface area contributed by atoms with Crippen LogP contribution in [0.2, 0.25) is 5.02 Å². The van der Waals surface area contributed by atoms with Crippen LogP contribution in [0.4, 0.5) is 5.69 Å². The largest absolute Gasteiger partial charge is 0.363 e. The molecule has 102 valence electrons. The third kappa shape index (κ3) is 3.36. The van der Waals surface area contributed by atoms with Crippen molar-refractivity contribution in [3.8, 4) is 0 Å². The number of amides is 1. The minimum absolute atomic E-state index is 0.316. The Morgan fingerprint density at radius 3 is 2.15 bits per heavy atom. The van der Waals surface area contributed by atoms with Gasteiger partial charge in [0.15, 0.2) is 0 Å². The molecule has 0 fully saturated rings. The minimum Gasteiger partial charge on any atom is -0.328 e. The number of para-hydroxylation sites is 1. The molecule has 0 radical (unpaired) electrons. The van der Waals surface area contributed by atoms with Crippen molar-refractivity contribution in [1.29, 1.82) is 0 Å². The molecule has 20 heavy (non-hydrogen) atoms. The van der Waals surface area contributed by atoms with E-state index in [1.807, 2.05) is 6.07 Å². The molecule has 0 aliphatic heterocycles. The van der Waals surface area contributed by atoms with Gasteiger partial charge in [0.05, 0.1) is 11.3 Å². The number of hydrogen-bond acceptors (Lipinski definition) is 3. The predicted molar refractivity (Wildman–Crippen MR) is 76.5 cm³/mol. The average molecular weight is 290 g/mol. The van der Waals surface area contributed by atoms with Crippen LogP contribution in [0.3, 0.4) is 0 Å². The fourth-order valence-electron chi connectivity index (χ4n) is 1.58. The van der Waals surface area contributed by atoms with E-state index in [9.17, 15) is 9.59 Å². The average Bonchev–Trinajstić information content (AvgIpc) is 2.46. The topological polar surface area (TPSA) is 46.6 Å². The molecule has 0 unspecified atom stereocenters. The highest BCUT2D eigenvalue weighted by Crippen LogP contribution is 2.16. The van der Waals surface area contributed by atoms with Crippen LogP contribution in [0.15, 0.2) is 54.6 Å². The van der Waals surface area contributed by atoms with Gasteiger partial charge in [0.25, 0.3) is 5.91 Å². The summed E-state index contributed by atoms with van der Waals surface area (Å²) in [6.45, 7) is 1.32. The van der Waals surface area contributed by atoms with Crippen molar-refractivity contribution in [1.82, 2.24) is 0 Å². The minimum atomic E-state index is -0.624. The Kier molecular flexibility index (Phi) is 4.38. The van der Waals surface area contributed by atoms with Crippen molar-refractivity contribution in [2.45, 2.75) is 6.92 Å². The first-order valence-electron chi connectivity index (χ1n) is 5.91. The molecule has 0 aromatic heterocycles. The second-order valence-corrected chi connectivity index (χ2v) is 4.47. The number of carbonyl (C=O) groups excluding carboxylic acids is 2. The molecule has 0 N–H and O–H groups in total. The first-order valence-corrected chi connectivity index (χ1v) is 6.29. The van der Waals surface area contributed by atoms with E-state index in [0.29, 0.717) is 16.3 Å². The molecule has 0 bridgehead atoms. The lowest BCUT2D eigenvalue weighted by molar-refractivity contribution is -0.122. The number of hydrogen-bond donors (Lipinski definition) is 0. The van der Waals surface area contributed by atoms with E-state index in [2.05, 4.69) is 0 Å². The number of anilines is 1. The van der Waals surface area contributed by atoms with Gasteiger partial charge in [0, 0.05) is 11.9 Å². The lowest BCUT2D eigenvalue weighted by Gasteiger charge is -2.19. The van der Waals surface area contributed by atoms with E-state index in [0.717, 1.165) is 5.06 Å². The third-order valence-electron chi connectivity index (χ3n) is 2.53. The van der Waals surface area contributed by atoms with Crippen molar-refractivity contribution in [2.24, 2.45) is 0 Å². The van der Waals surface area contributed by atoms with Gasteiger partial charge in [-0.1, -0.05) is 29.8 Å². The van der Waals surface area contributed by atoms with Gasteiger partial charge in [-0.05, 0) is 36.4 Å². The van der Waals surface area contributed by atoms with Gasteiger partial charge < -0.3 is 4.84 Å². The molecule has 0 saturated carbocycles. The van der Waals surface area contributed by atoms with Gasteiger partial charge in [-0.15, -0.1) is 5.06 Å². The van der Waals surface area contributed by atoms with E-state index < -0.39 is 11.9 Å². The molecular weight excluding hydrogens is 278 g/mol. The lowest BCUT2D eigenvalue weighted by Crippen LogP contribution is -2.31. The standard InChI is InChI=1S/C15H12ClNO3/c1-11(18)17(14-5-3-2-4-6-14)20-15(19)12-7-9-13(16)10-8-12/h2-10H,1H3. The molecule has 2 rings (SSSR count). The summed E-state index contributed by atoms with van der Waals surface area (Å²) in [6.07, 6.45) is 0. The molecule has 2 aromatic carbocycles. The maximum Gasteiger partial charge on any atom is 0.363 e. The highest BCUT2D eigenvalue weighted by molar-refractivity contribution is 6.30. The zero-order valence-electron chi connectivity index (χ0n) is 10.7. The van der Waals surface area contributed by atoms with E-state index in [1.54, 1.807) is 36.4 Å². The first-order chi connectivity index (χ1) is 9.58. The molecule has 0 aliphatic carbocycles. The van der Waals surface area contributed by atoms with Gasteiger partial charge in [-0.25, -0.2) is 4.79 Å². The Morgan fingerprint density at radius 2 is 1.60 bits per heavy atom. The number of hydroxylamine groups is 1. The van der Waals surface area contributed by atoms with Gasteiger partial charge in [-0.3, -0.25) is 4.79 Å². The molecule has 0 heterocycles. The van der Waals surface area contributed by atoms with Crippen LogP contribution in [0, 0.1) is 0 Å². The summed E-state index contributed by atoms with van der Waals surface area (Å²) >= 11 is 5.75. The van der Waals surface area contributed by atoms with Crippen molar-refractivity contribution >= 4 is 29.2 Å². The van der Waals surface area contributed by atoms with Crippen LogP contribution >= 0.6 is 11.6 Å². The zero-order chi connectivity index (χ0) is 14.5. The summed E-state index contributed by atoms with van der Waals surface area (Å²) in [7, 11) is 0. The summed E-state index contributed by atoms with van der Waals surface area (Å²) in [4.78, 5) is 28.7. The Hall–Kier alpha value is -2.33. The van der Waals surface area contributed by atoms with Crippen molar-refractivity contribution in [3.05, 3.63) is 65.2 Å². The second kappa shape index (κ2) is 6.21. The maximum absolute atomic E-state index is 12.0. The summed E-state index contributed by atoms with van der Waals surface area (Å²) < 4.78 is 0. The second-order valence-electron chi connectivity index (χ2n) is 4.03. The molecule has 0 saturated heterocycles. The van der Waals surface area contributed by atoms with Crippen LogP contribution in [0.5, 0.6) is 0 Å². The number of carbonyl (C=O) groups is 2. The molecule has 2 aromatic rings. The van der Waals surface area contributed by atoms with E-state index in [4.69, 9.17) is 16.4 Å². The summed E-state index contributed by atoms with van der Waals surface area (Å²) in [5.41, 5.74) is 0.805. The van der Waals surface area contributed by atoms with Crippen molar-refractivity contribution in [2.75, 3.05) is 5.06 Å². The molecular formula is C15H12ClNO3. The van der Waals surface area contributed by atoms with E-state index in [1.165, 1.54) is 19.1 Å². The van der Waals surface area contributed by atoms with Gasteiger partial charge in [0.2, 0.25) is 0 Å².